The van der Waals surface area contributed by atoms with Crippen molar-refractivity contribution in [1.29, 1.82) is 0 Å². The Bertz CT molecular complexity index is 911. The summed E-state index contributed by atoms with van der Waals surface area (Å²) in [6.45, 7) is 2.54. The van der Waals surface area contributed by atoms with Gasteiger partial charge in [-0.05, 0) is 18.6 Å². The lowest BCUT2D eigenvalue weighted by atomic mass is 10.1. The molecule has 29 heavy (non-hydrogen) atoms. The number of fused-ring (bicyclic) bond motifs is 1. The van der Waals surface area contributed by atoms with Crippen molar-refractivity contribution in [2.75, 3.05) is 36.4 Å². The first-order valence-corrected chi connectivity index (χ1v) is 9.61. The third-order valence-electron chi connectivity index (χ3n) is 5.20. The minimum atomic E-state index is -0.736. The molecule has 2 aliphatic heterocycles. The van der Waals surface area contributed by atoms with Gasteiger partial charge in [0.15, 0.2) is 0 Å². The van der Waals surface area contributed by atoms with Crippen LogP contribution in [0.5, 0.6) is 0 Å². The molecule has 2 N–H and O–H groups in total. The van der Waals surface area contributed by atoms with E-state index >= 15 is 0 Å². The van der Waals surface area contributed by atoms with Gasteiger partial charge in [-0.25, -0.2) is 4.98 Å². The molecule has 0 saturated carbocycles. The summed E-state index contributed by atoms with van der Waals surface area (Å²) >= 11 is 0. The smallest absolute Gasteiger partial charge is 0.254 e. The van der Waals surface area contributed by atoms with Gasteiger partial charge in [-0.1, -0.05) is 12.1 Å². The van der Waals surface area contributed by atoms with Gasteiger partial charge >= 0.3 is 0 Å². The van der Waals surface area contributed by atoms with Gasteiger partial charge in [0.1, 0.15) is 11.9 Å². The first-order valence-electron chi connectivity index (χ1n) is 9.61. The Morgan fingerprint density at radius 1 is 1.10 bits per heavy atom. The van der Waals surface area contributed by atoms with E-state index in [2.05, 4.69) is 25.5 Å². The summed E-state index contributed by atoms with van der Waals surface area (Å²) < 4.78 is 0. The maximum Gasteiger partial charge on any atom is 0.254 e. The molecule has 1 fully saturated rings. The molecule has 2 aromatic rings. The lowest BCUT2D eigenvalue weighted by Gasteiger charge is -2.35. The fraction of sp³-hybridized carbons (Fsp3) is 0.350. The van der Waals surface area contributed by atoms with Crippen LogP contribution in [0.25, 0.3) is 0 Å². The Hall–Kier alpha value is -3.49. The second-order valence-corrected chi connectivity index (χ2v) is 7.03. The van der Waals surface area contributed by atoms with Crippen LogP contribution in [0.15, 0.2) is 42.9 Å². The number of para-hydroxylation sites is 1. The minimum absolute atomic E-state index is 0.0207. The summed E-state index contributed by atoms with van der Waals surface area (Å²) in [5.74, 6) is 0.169. The first-order chi connectivity index (χ1) is 14.1. The molecule has 9 heteroatoms. The van der Waals surface area contributed by atoms with E-state index in [4.69, 9.17) is 0 Å². The molecule has 0 spiro atoms. The zero-order valence-corrected chi connectivity index (χ0v) is 15.9. The number of hydrogen-bond donors (Lipinski definition) is 2. The van der Waals surface area contributed by atoms with Crippen molar-refractivity contribution < 1.29 is 14.4 Å². The number of nitrogens with zero attached hydrogens (tertiary/aromatic N) is 4. The van der Waals surface area contributed by atoms with Crippen LogP contribution in [0.4, 0.5) is 11.5 Å². The van der Waals surface area contributed by atoms with Gasteiger partial charge in [-0.15, -0.1) is 0 Å². The standard InChI is InChI=1S/C20H22N6O3/c27-18(26-11-9-25(10-12-26)17-13-21-7-8-22-17)6-5-16-20(29)23-15-4-2-1-3-14(15)19(28)24-16/h1-4,7-8,13,16H,5-6,9-12H2,(H,23,29)(H,24,28). The molecule has 1 aromatic carbocycles. The zero-order chi connectivity index (χ0) is 20.2. The van der Waals surface area contributed by atoms with Crippen LogP contribution in [0.3, 0.4) is 0 Å². The van der Waals surface area contributed by atoms with Gasteiger partial charge in [-0.2, -0.15) is 0 Å². The SMILES string of the molecule is O=C1NC(CCC(=O)N2CCN(c3cnccn3)CC2)C(=O)Nc2ccccc21. The van der Waals surface area contributed by atoms with Gasteiger partial charge in [0.2, 0.25) is 11.8 Å². The third-order valence-corrected chi connectivity index (χ3v) is 5.20. The predicted molar refractivity (Wildman–Crippen MR) is 106 cm³/mol. The number of anilines is 2. The highest BCUT2D eigenvalue weighted by Gasteiger charge is 2.29. The summed E-state index contributed by atoms with van der Waals surface area (Å²) in [5, 5.41) is 5.49. The van der Waals surface area contributed by atoms with Gasteiger partial charge < -0.3 is 20.4 Å². The van der Waals surface area contributed by atoms with Crippen LogP contribution in [0, 0.1) is 0 Å². The van der Waals surface area contributed by atoms with Crippen molar-refractivity contribution in [3.8, 4) is 0 Å². The first kappa shape index (κ1) is 18.9. The molecule has 1 unspecified atom stereocenters. The minimum Gasteiger partial charge on any atom is -0.352 e. The normalized spacial score (nSPS) is 19.1. The van der Waals surface area contributed by atoms with Gasteiger partial charge in [0.05, 0.1) is 17.4 Å². The average molecular weight is 394 g/mol. The Balaban J connectivity index is 1.30. The molecule has 0 aliphatic carbocycles. The van der Waals surface area contributed by atoms with Crippen LogP contribution in [0.1, 0.15) is 23.2 Å². The molecular formula is C20H22N6O3. The summed E-state index contributed by atoms with van der Waals surface area (Å²) in [5.41, 5.74) is 0.916. The summed E-state index contributed by atoms with van der Waals surface area (Å²) in [6.07, 6.45) is 5.44. The highest BCUT2D eigenvalue weighted by atomic mass is 16.2. The second-order valence-electron chi connectivity index (χ2n) is 7.03. The van der Waals surface area contributed by atoms with E-state index in [1.807, 2.05) is 0 Å². The maximum atomic E-state index is 12.6. The number of rotatable bonds is 4. The van der Waals surface area contributed by atoms with E-state index in [1.165, 1.54) is 0 Å². The Labute approximate surface area is 168 Å². The van der Waals surface area contributed by atoms with E-state index in [9.17, 15) is 14.4 Å². The Kier molecular flexibility index (Phi) is 5.37. The fourth-order valence-corrected chi connectivity index (χ4v) is 3.58. The molecule has 1 saturated heterocycles. The molecule has 3 heterocycles. The van der Waals surface area contributed by atoms with Crippen LogP contribution in [-0.4, -0.2) is 64.8 Å². The van der Waals surface area contributed by atoms with Crippen LogP contribution >= 0.6 is 0 Å². The number of carbonyl (C=O) groups excluding carboxylic acids is 3. The summed E-state index contributed by atoms with van der Waals surface area (Å²) in [7, 11) is 0. The predicted octanol–water partition coefficient (Wildman–Crippen LogP) is 0.656. The number of amides is 3. The lowest BCUT2D eigenvalue weighted by molar-refractivity contribution is -0.131. The van der Waals surface area contributed by atoms with E-state index in [0.29, 0.717) is 37.4 Å². The van der Waals surface area contributed by atoms with Crippen molar-refractivity contribution in [2.24, 2.45) is 0 Å². The largest absolute Gasteiger partial charge is 0.352 e. The molecule has 1 aromatic heterocycles. The number of piperazine rings is 1. The van der Waals surface area contributed by atoms with Crippen LogP contribution in [-0.2, 0) is 9.59 Å². The van der Waals surface area contributed by atoms with Crippen molar-refractivity contribution in [1.82, 2.24) is 20.2 Å². The Morgan fingerprint density at radius 2 is 1.90 bits per heavy atom. The Morgan fingerprint density at radius 3 is 2.66 bits per heavy atom. The van der Waals surface area contributed by atoms with E-state index in [1.54, 1.807) is 47.8 Å². The van der Waals surface area contributed by atoms with E-state index < -0.39 is 6.04 Å². The molecule has 150 valence electrons. The van der Waals surface area contributed by atoms with E-state index in [-0.39, 0.29) is 30.6 Å². The summed E-state index contributed by atoms with van der Waals surface area (Å²) in [6, 6.07) is 6.12. The summed E-state index contributed by atoms with van der Waals surface area (Å²) in [4.78, 5) is 49.7. The lowest BCUT2D eigenvalue weighted by Crippen LogP contribution is -2.49. The monoisotopic (exact) mass is 394 g/mol. The van der Waals surface area contributed by atoms with Crippen molar-refractivity contribution in [2.45, 2.75) is 18.9 Å². The highest BCUT2D eigenvalue weighted by Crippen LogP contribution is 2.19. The van der Waals surface area contributed by atoms with Crippen molar-refractivity contribution in [3.63, 3.8) is 0 Å². The second kappa shape index (κ2) is 8.26. The van der Waals surface area contributed by atoms with Crippen molar-refractivity contribution >= 4 is 29.2 Å². The number of hydrogen-bond acceptors (Lipinski definition) is 6. The molecule has 9 nitrogen and oxygen atoms in total. The average Bonchev–Trinajstić information content (AvgIpc) is 2.88. The number of nitrogens with one attached hydrogen (secondary N) is 2. The maximum absolute atomic E-state index is 12.6. The van der Waals surface area contributed by atoms with Gasteiger partial charge in [-0.3, -0.25) is 19.4 Å². The quantitative estimate of drug-likeness (QED) is 0.789. The van der Waals surface area contributed by atoms with Crippen LogP contribution in [0.2, 0.25) is 0 Å². The molecule has 0 radical (unpaired) electrons. The van der Waals surface area contributed by atoms with E-state index in [0.717, 1.165) is 5.82 Å². The molecule has 1 atom stereocenters. The fourth-order valence-electron chi connectivity index (χ4n) is 3.58. The topological polar surface area (TPSA) is 108 Å². The highest BCUT2D eigenvalue weighted by molar-refractivity contribution is 6.09. The zero-order valence-electron chi connectivity index (χ0n) is 15.9. The number of aromatic nitrogens is 2. The van der Waals surface area contributed by atoms with Gasteiger partial charge in [0.25, 0.3) is 5.91 Å². The molecule has 3 amide bonds. The van der Waals surface area contributed by atoms with Crippen LogP contribution < -0.4 is 15.5 Å². The molecule has 0 bridgehead atoms. The third kappa shape index (κ3) is 4.18. The number of carbonyl (C=O) groups is 3. The molecule has 2 aliphatic rings. The number of benzene rings is 1. The van der Waals surface area contributed by atoms with Crippen molar-refractivity contribution in [3.05, 3.63) is 48.4 Å². The molecule has 4 rings (SSSR count). The molecular weight excluding hydrogens is 372 g/mol. The van der Waals surface area contributed by atoms with Gasteiger partial charge in [0, 0.05) is 45.0 Å².